The van der Waals surface area contributed by atoms with E-state index in [1.165, 1.54) is 51.1 Å². The van der Waals surface area contributed by atoms with Gasteiger partial charge in [-0.05, 0) is 33.7 Å². The summed E-state index contributed by atoms with van der Waals surface area (Å²) in [4.78, 5) is 0. The van der Waals surface area contributed by atoms with Crippen molar-refractivity contribution >= 4 is 73.8 Å². The van der Waals surface area contributed by atoms with E-state index >= 15 is 0 Å². The Morgan fingerprint density at radius 3 is 1.42 bits per heavy atom. The van der Waals surface area contributed by atoms with Crippen LogP contribution >= 0.6 is 22.7 Å². The molecule has 0 unspecified atom stereocenters. The molecule has 112 valence electrons. The first-order valence-corrected chi connectivity index (χ1v) is 9.68. The Hall–Kier alpha value is -2.42. The largest absolute Gasteiger partial charge is 0.134 e. The highest BCUT2D eigenvalue weighted by Gasteiger charge is 2.15. The minimum atomic E-state index is 1.33. The highest BCUT2D eigenvalue weighted by atomic mass is 32.1. The summed E-state index contributed by atoms with van der Waals surface area (Å²) in [5.74, 6) is 0. The van der Waals surface area contributed by atoms with Crippen LogP contribution in [0.15, 0.2) is 72.8 Å². The maximum absolute atomic E-state index is 2.28. The number of benzene rings is 4. The third-order valence-corrected chi connectivity index (χ3v) is 7.34. The van der Waals surface area contributed by atoms with Crippen LogP contribution in [0.1, 0.15) is 0 Å². The second kappa shape index (κ2) is 4.56. The molecule has 0 saturated heterocycles. The van der Waals surface area contributed by atoms with Crippen LogP contribution < -0.4 is 0 Å². The Bertz CT molecular complexity index is 1290. The molecule has 0 amide bonds. The average Bonchev–Trinajstić information content (AvgIpc) is 3.17. The third kappa shape index (κ3) is 1.57. The van der Waals surface area contributed by atoms with E-state index in [1.807, 2.05) is 22.7 Å². The van der Waals surface area contributed by atoms with Gasteiger partial charge in [-0.3, -0.25) is 0 Å². The monoisotopic (exact) mass is 340 g/mol. The quantitative estimate of drug-likeness (QED) is 0.267. The van der Waals surface area contributed by atoms with Gasteiger partial charge in [0.05, 0.1) is 9.40 Å². The summed E-state index contributed by atoms with van der Waals surface area (Å²) in [6, 6.07) is 26.5. The van der Waals surface area contributed by atoms with Crippen LogP contribution in [0.5, 0.6) is 0 Å². The van der Waals surface area contributed by atoms with Crippen LogP contribution in [-0.2, 0) is 0 Å². The maximum Gasteiger partial charge on any atom is 0.0548 e. The zero-order valence-electron chi connectivity index (χ0n) is 12.7. The Labute approximate surface area is 146 Å². The van der Waals surface area contributed by atoms with E-state index in [0.29, 0.717) is 0 Å². The zero-order valence-corrected chi connectivity index (χ0v) is 14.4. The van der Waals surface area contributed by atoms with Crippen LogP contribution in [0.2, 0.25) is 0 Å². The summed E-state index contributed by atoms with van der Waals surface area (Å²) in [5.41, 5.74) is 0. The molecule has 0 nitrogen and oxygen atoms in total. The SMILES string of the molecule is c1ccc2c(c1)ccc1sc3c(sc4ccc5ccccc5c43)c12. The lowest BCUT2D eigenvalue weighted by Gasteiger charge is -1.99. The molecule has 2 heteroatoms. The van der Waals surface area contributed by atoms with Crippen molar-refractivity contribution in [1.29, 1.82) is 0 Å². The molecular formula is C22H12S2. The van der Waals surface area contributed by atoms with Gasteiger partial charge in [-0.1, -0.05) is 60.7 Å². The summed E-state index contributed by atoms with van der Waals surface area (Å²) >= 11 is 3.88. The van der Waals surface area contributed by atoms with E-state index < -0.39 is 0 Å². The second-order valence-electron chi connectivity index (χ2n) is 6.18. The van der Waals surface area contributed by atoms with Gasteiger partial charge in [0.25, 0.3) is 0 Å². The molecular weight excluding hydrogens is 328 g/mol. The van der Waals surface area contributed by atoms with Gasteiger partial charge in [0, 0.05) is 20.2 Å². The minimum absolute atomic E-state index is 1.33. The zero-order chi connectivity index (χ0) is 15.7. The van der Waals surface area contributed by atoms with Crippen LogP contribution in [-0.4, -0.2) is 0 Å². The van der Waals surface area contributed by atoms with Gasteiger partial charge in [-0.2, -0.15) is 0 Å². The van der Waals surface area contributed by atoms with Gasteiger partial charge in [0.2, 0.25) is 0 Å². The third-order valence-electron chi connectivity index (χ3n) is 4.87. The lowest BCUT2D eigenvalue weighted by molar-refractivity contribution is 1.82. The first-order valence-electron chi connectivity index (χ1n) is 8.04. The van der Waals surface area contributed by atoms with E-state index in [4.69, 9.17) is 0 Å². The van der Waals surface area contributed by atoms with E-state index in [0.717, 1.165) is 0 Å². The topological polar surface area (TPSA) is 0 Å². The molecule has 4 aromatic carbocycles. The first-order chi connectivity index (χ1) is 11.9. The Morgan fingerprint density at radius 2 is 0.917 bits per heavy atom. The van der Waals surface area contributed by atoms with Crippen molar-refractivity contribution in [3.05, 3.63) is 72.8 Å². The predicted molar refractivity (Wildman–Crippen MR) is 110 cm³/mol. The summed E-state index contributed by atoms with van der Waals surface area (Å²) in [6.45, 7) is 0. The Balaban J connectivity index is 1.93. The van der Waals surface area contributed by atoms with Crippen molar-refractivity contribution < 1.29 is 0 Å². The first kappa shape index (κ1) is 12.9. The average molecular weight is 340 g/mol. The Morgan fingerprint density at radius 1 is 0.458 bits per heavy atom. The number of hydrogen-bond donors (Lipinski definition) is 0. The smallest absolute Gasteiger partial charge is 0.0548 e. The van der Waals surface area contributed by atoms with Crippen molar-refractivity contribution in [1.82, 2.24) is 0 Å². The fourth-order valence-corrected chi connectivity index (χ4v) is 6.54. The van der Waals surface area contributed by atoms with Crippen LogP contribution in [0, 0.1) is 0 Å². The molecule has 2 aromatic heterocycles. The van der Waals surface area contributed by atoms with E-state index in [2.05, 4.69) is 72.8 Å². The Kier molecular flexibility index (Phi) is 2.46. The van der Waals surface area contributed by atoms with Crippen molar-refractivity contribution in [3.63, 3.8) is 0 Å². The maximum atomic E-state index is 2.28. The van der Waals surface area contributed by atoms with Gasteiger partial charge >= 0.3 is 0 Å². The highest BCUT2D eigenvalue weighted by Crippen LogP contribution is 2.48. The van der Waals surface area contributed by atoms with E-state index in [9.17, 15) is 0 Å². The molecule has 24 heavy (non-hydrogen) atoms. The van der Waals surface area contributed by atoms with Crippen LogP contribution in [0.3, 0.4) is 0 Å². The molecule has 0 bridgehead atoms. The molecule has 0 aliphatic heterocycles. The van der Waals surface area contributed by atoms with E-state index in [1.54, 1.807) is 0 Å². The summed E-state index contributed by atoms with van der Waals surface area (Å²) in [7, 11) is 0. The van der Waals surface area contributed by atoms with Gasteiger partial charge < -0.3 is 0 Å². The van der Waals surface area contributed by atoms with Crippen LogP contribution in [0.4, 0.5) is 0 Å². The molecule has 2 heterocycles. The van der Waals surface area contributed by atoms with Gasteiger partial charge in [0.1, 0.15) is 0 Å². The molecule has 0 fully saturated rings. The molecule has 0 saturated carbocycles. The number of rotatable bonds is 0. The lowest BCUT2D eigenvalue weighted by Crippen LogP contribution is -1.71. The molecule has 6 aromatic rings. The normalized spacial score (nSPS) is 12.2. The standard InChI is InChI=1S/C22H12S2/c1-3-7-15-13(5-1)9-11-17-19(15)21-22(23-17)20-16-8-4-2-6-14(16)10-12-18(20)24-21/h1-12H. The predicted octanol–water partition coefficient (Wildman–Crippen LogP) is 7.58. The van der Waals surface area contributed by atoms with Gasteiger partial charge in [-0.25, -0.2) is 0 Å². The van der Waals surface area contributed by atoms with E-state index in [-0.39, 0.29) is 0 Å². The number of hydrogen-bond acceptors (Lipinski definition) is 2. The fraction of sp³-hybridized carbons (Fsp3) is 0. The number of fused-ring (bicyclic) bond motifs is 9. The van der Waals surface area contributed by atoms with Crippen molar-refractivity contribution in [2.45, 2.75) is 0 Å². The molecule has 0 aliphatic rings. The van der Waals surface area contributed by atoms with Crippen LogP contribution in [0.25, 0.3) is 51.1 Å². The summed E-state index contributed by atoms with van der Waals surface area (Å²) < 4.78 is 5.67. The molecule has 0 aliphatic carbocycles. The van der Waals surface area contributed by atoms with Crippen molar-refractivity contribution in [2.75, 3.05) is 0 Å². The second-order valence-corrected chi connectivity index (χ2v) is 8.29. The summed E-state index contributed by atoms with van der Waals surface area (Å²) in [5, 5.41) is 8.25. The fourth-order valence-electron chi connectivity index (χ4n) is 3.78. The summed E-state index contributed by atoms with van der Waals surface area (Å²) in [6.07, 6.45) is 0. The van der Waals surface area contributed by atoms with Gasteiger partial charge in [0.15, 0.2) is 0 Å². The van der Waals surface area contributed by atoms with Crippen molar-refractivity contribution in [2.24, 2.45) is 0 Å². The van der Waals surface area contributed by atoms with Gasteiger partial charge in [-0.15, -0.1) is 22.7 Å². The lowest BCUT2D eigenvalue weighted by atomic mass is 10.1. The number of thiophene rings is 2. The molecule has 6 rings (SSSR count). The molecule has 0 radical (unpaired) electrons. The minimum Gasteiger partial charge on any atom is -0.134 e. The molecule has 0 N–H and O–H groups in total. The van der Waals surface area contributed by atoms with Crippen molar-refractivity contribution in [3.8, 4) is 0 Å². The molecule has 0 spiro atoms. The molecule has 0 atom stereocenters. The highest BCUT2D eigenvalue weighted by molar-refractivity contribution is 7.37.